The maximum absolute atomic E-state index is 12.2. The van der Waals surface area contributed by atoms with E-state index in [9.17, 15) is 13.2 Å². The minimum Gasteiger partial charge on any atom is -0.406 e. The van der Waals surface area contributed by atoms with Crippen molar-refractivity contribution in [1.82, 2.24) is 5.32 Å². The van der Waals surface area contributed by atoms with Crippen molar-refractivity contribution in [3.63, 3.8) is 0 Å². The number of likely N-dealkylation sites (N-methyl/N-ethyl adjacent to an activating group) is 1. The second-order valence-corrected chi connectivity index (χ2v) is 6.20. The van der Waals surface area contributed by atoms with Gasteiger partial charge in [0.1, 0.15) is 5.75 Å². The number of hydrogen-bond acceptors (Lipinski definition) is 2. The first-order valence-electron chi connectivity index (χ1n) is 8.65. The lowest BCUT2D eigenvalue weighted by molar-refractivity contribution is -0.274. The summed E-state index contributed by atoms with van der Waals surface area (Å²) >= 11 is 0. The fraction of sp³-hybridized carbons (Fsp3) is 0.182. The van der Waals surface area contributed by atoms with Gasteiger partial charge in [-0.05, 0) is 60.0 Å². The molecule has 2 nitrogen and oxygen atoms in total. The van der Waals surface area contributed by atoms with Crippen LogP contribution in [0.25, 0.3) is 22.3 Å². The third-order valence-corrected chi connectivity index (χ3v) is 4.26. The van der Waals surface area contributed by atoms with E-state index in [0.717, 1.165) is 35.2 Å². The number of nitrogens with one attached hydrogen (secondary N) is 1. The zero-order valence-electron chi connectivity index (χ0n) is 14.9. The van der Waals surface area contributed by atoms with Crippen LogP contribution in [0.3, 0.4) is 0 Å². The minimum absolute atomic E-state index is 0.221. The minimum atomic E-state index is -4.67. The molecule has 0 atom stereocenters. The zero-order chi connectivity index (χ0) is 19.3. The van der Waals surface area contributed by atoms with E-state index in [1.165, 1.54) is 17.7 Å². The number of hydrogen-bond donors (Lipinski definition) is 1. The summed E-state index contributed by atoms with van der Waals surface area (Å²) in [7, 11) is 1.94. The number of rotatable bonds is 6. The van der Waals surface area contributed by atoms with E-state index in [4.69, 9.17) is 0 Å². The van der Waals surface area contributed by atoms with Gasteiger partial charge in [0.2, 0.25) is 0 Å². The van der Waals surface area contributed by atoms with Gasteiger partial charge in [0.15, 0.2) is 0 Å². The lowest BCUT2D eigenvalue weighted by Gasteiger charge is -2.10. The maximum Gasteiger partial charge on any atom is 0.573 e. The van der Waals surface area contributed by atoms with Crippen molar-refractivity contribution in [1.29, 1.82) is 0 Å². The van der Waals surface area contributed by atoms with Crippen LogP contribution in [0.15, 0.2) is 72.8 Å². The molecule has 0 radical (unpaired) electrons. The normalized spacial score (nSPS) is 11.4. The van der Waals surface area contributed by atoms with Crippen molar-refractivity contribution in [3.05, 3.63) is 78.4 Å². The van der Waals surface area contributed by atoms with Crippen LogP contribution < -0.4 is 10.1 Å². The highest BCUT2D eigenvalue weighted by Crippen LogP contribution is 2.28. The van der Waals surface area contributed by atoms with Gasteiger partial charge in [0.25, 0.3) is 0 Å². The molecule has 0 aliphatic carbocycles. The number of ether oxygens (including phenoxy) is 1. The summed E-state index contributed by atoms with van der Waals surface area (Å²) in [6, 6.07) is 22.3. The van der Waals surface area contributed by atoms with Crippen molar-refractivity contribution in [2.45, 2.75) is 12.8 Å². The van der Waals surface area contributed by atoms with E-state index in [0.29, 0.717) is 0 Å². The Balaban J connectivity index is 1.71. The average Bonchev–Trinajstić information content (AvgIpc) is 2.66. The fourth-order valence-corrected chi connectivity index (χ4v) is 2.84. The molecule has 0 spiro atoms. The van der Waals surface area contributed by atoms with Gasteiger partial charge < -0.3 is 10.1 Å². The van der Waals surface area contributed by atoms with Gasteiger partial charge in [-0.2, -0.15) is 0 Å². The Kier molecular flexibility index (Phi) is 5.81. The van der Waals surface area contributed by atoms with E-state index in [2.05, 4.69) is 34.3 Å². The third kappa shape index (κ3) is 5.34. The third-order valence-electron chi connectivity index (χ3n) is 4.26. The Hall–Kier alpha value is -2.79. The van der Waals surface area contributed by atoms with E-state index in [1.54, 1.807) is 12.1 Å². The molecule has 0 aliphatic rings. The molecule has 3 aromatic rings. The molecule has 0 bridgehead atoms. The molecule has 0 unspecified atom stereocenters. The highest BCUT2D eigenvalue weighted by atomic mass is 19.4. The molecule has 5 heteroatoms. The summed E-state index contributed by atoms with van der Waals surface area (Å²) < 4.78 is 40.6. The van der Waals surface area contributed by atoms with Crippen LogP contribution in [-0.2, 0) is 6.42 Å². The SMILES string of the molecule is CNCCc1ccc(-c2ccc(-c3ccc(OC(F)(F)F)cc3)cc2)cc1. The van der Waals surface area contributed by atoms with Crippen LogP contribution in [-0.4, -0.2) is 20.0 Å². The molecule has 3 aromatic carbocycles. The van der Waals surface area contributed by atoms with E-state index in [1.807, 2.05) is 31.3 Å². The molecule has 3 rings (SSSR count). The Morgan fingerprint density at radius 2 is 1.11 bits per heavy atom. The predicted molar refractivity (Wildman–Crippen MR) is 102 cm³/mol. The predicted octanol–water partition coefficient (Wildman–Crippen LogP) is 5.68. The standard InChI is InChI=1S/C22H20F3NO/c1-26-15-14-16-2-4-17(5-3-16)18-6-8-19(9-7-18)20-10-12-21(13-11-20)27-22(23,24)25/h2-13,26H,14-15H2,1H3. The van der Waals surface area contributed by atoms with E-state index in [-0.39, 0.29) is 5.75 Å². The second kappa shape index (κ2) is 8.27. The van der Waals surface area contributed by atoms with Crippen LogP contribution in [0.5, 0.6) is 5.75 Å². The van der Waals surface area contributed by atoms with Gasteiger partial charge in [-0.1, -0.05) is 60.7 Å². The summed E-state index contributed by atoms with van der Waals surface area (Å²) in [4.78, 5) is 0. The molecule has 1 N–H and O–H groups in total. The van der Waals surface area contributed by atoms with Crippen molar-refractivity contribution in [3.8, 4) is 28.0 Å². The Morgan fingerprint density at radius 1 is 0.704 bits per heavy atom. The highest BCUT2D eigenvalue weighted by molar-refractivity contribution is 5.70. The molecule has 0 saturated carbocycles. The second-order valence-electron chi connectivity index (χ2n) is 6.20. The maximum atomic E-state index is 12.2. The Bertz CT molecular complexity index is 854. The summed E-state index contributed by atoms with van der Waals surface area (Å²) in [6.45, 7) is 0.945. The molecule has 0 aliphatic heterocycles. The van der Waals surface area contributed by atoms with E-state index < -0.39 is 6.36 Å². The van der Waals surface area contributed by atoms with Crippen LogP contribution >= 0.6 is 0 Å². The molecular formula is C22H20F3NO. The van der Waals surface area contributed by atoms with Crippen LogP contribution in [0.1, 0.15) is 5.56 Å². The summed E-state index contributed by atoms with van der Waals surface area (Å²) in [6.07, 6.45) is -3.68. The van der Waals surface area contributed by atoms with Crippen molar-refractivity contribution >= 4 is 0 Å². The first-order valence-corrected chi connectivity index (χ1v) is 8.65. The smallest absolute Gasteiger partial charge is 0.406 e. The lowest BCUT2D eigenvalue weighted by Crippen LogP contribution is -2.16. The van der Waals surface area contributed by atoms with Gasteiger partial charge in [-0.3, -0.25) is 0 Å². The highest BCUT2D eigenvalue weighted by Gasteiger charge is 2.30. The quantitative estimate of drug-likeness (QED) is 0.602. The molecule has 140 valence electrons. The Morgan fingerprint density at radius 3 is 1.52 bits per heavy atom. The molecule has 0 aromatic heterocycles. The van der Waals surface area contributed by atoms with Crippen LogP contribution in [0.4, 0.5) is 13.2 Å². The summed E-state index contributed by atoms with van der Waals surface area (Å²) in [5, 5.41) is 3.14. The van der Waals surface area contributed by atoms with Gasteiger partial charge in [-0.15, -0.1) is 13.2 Å². The van der Waals surface area contributed by atoms with Crippen molar-refractivity contribution in [2.75, 3.05) is 13.6 Å². The molecular weight excluding hydrogens is 351 g/mol. The molecule has 0 amide bonds. The summed E-state index contributed by atoms with van der Waals surface area (Å²) in [5.41, 5.74) is 5.27. The first-order chi connectivity index (χ1) is 12.9. The lowest BCUT2D eigenvalue weighted by atomic mass is 9.99. The first kappa shape index (κ1) is 19.0. The fourth-order valence-electron chi connectivity index (χ4n) is 2.84. The molecule has 0 heterocycles. The van der Waals surface area contributed by atoms with Crippen LogP contribution in [0, 0.1) is 0 Å². The number of halogens is 3. The molecule has 0 saturated heterocycles. The van der Waals surface area contributed by atoms with Gasteiger partial charge in [0.05, 0.1) is 0 Å². The number of benzene rings is 3. The molecule has 0 fully saturated rings. The van der Waals surface area contributed by atoms with Crippen LogP contribution in [0.2, 0.25) is 0 Å². The Labute approximate surface area is 156 Å². The van der Waals surface area contributed by atoms with Gasteiger partial charge >= 0.3 is 6.36 Å². The van der Waals surface area contributed by atoms with Gasteiger partial charge in [0, 0.05) is 0 Å². The average molecular weight is 371 g/mol. The number of alkyl halides is 3. The van der Waals surface area contributed by atoms with Gasteiger partial charge in [-0.25, -0.2) is 0 Å². The largest absolute Gasteiger partial charge is 0.573 e. The monoisotopic (exact) mass is 371 g/mol. The zero-order valence-corrected chi connectivity index (χ0v) is 14.9. The molecule has 27 heavy (non-hydrogen) atoms. The van der Waals surface area contributed by atoms with E-state index >= 15 is 0 Å². The van der Waals surface area contributed by atoms with Crippen molar-refractivity contribution in [2.24, 2.45) is 0 Å². The topological polar surface area (TPSA) is 21.3 Å². The van der Waals surface area contributed by atoms with Crippen molar-refractivity contribution < 1.29 is 17.9 Å². The summed E-state index contributed by atoms with van der Waals surface area (Å²) in [5.74, 6) is -0.221.